The van der Waals surface area contributed by atoms with E-state index in [1.165, 1.54) is 19.1 Å². The molecule has 2 aromatic carbocycles. The van der Waals surface area contributed by atoms with Crippen molar-refractivity contribution in [3.8, 4) is 6.07 Å². The van der Waals surface area contributed by atoms with Gasteiger partial charge in [0, 0.05) is 18.3 Å². The average Bonchev–Trinajstić information content (AvgIpc) is 2.48. The Morgan fingerprint density at radius 2 is 1.64 bits per heavy atom. The normalized spacial score (nSPS) is 9.68. The van der Waals surface area contributed by atoms with Gasteiger partial charge < -0.3 is 10.6 Å². The molecule has 0 fully saturated rings. The number of benzene rings is 2. The first-order chi connectivity index (χ1) is 10.5. The van der Waals surface area contributed by atoms with E-state index in [0.717, 1.165) is 6.07 Å². The number of anilines is 2. The quantitative estimate of drug-likeness (QED) is 0.913. The summed E-state index contributed by atoms with van der Waals surface area (Å²) in [6, 6.07) is 11.9. The predicted molar refractivity (Wildman–Crippen MR) is 79.8 cm³/mol. The average molecular weight is 297 g/mol. The van der Waals surface area contributed by atoms with Gasteiger partial charge >= 0.3 is 0 Å². The molecule has 0 bridgehead atoms. The molecule has 110 valence electrons. The highest BCUT2D eigenvalue weighted by Gasteiger charge is 2.12. The molecule has 0 aliphatic heterocycles. The van der Waals surface area contributed by atoms with Gasteiger partial charge in [0.15, 0.2) is 0 Å². The lowest BCUT2D eigenvalue weighted by Gasteiger charge is -2.08. The van der Waals surface area contributed by atoms with E-state index in [1.54, 1.807) is 30.3 Å². The molecule has 2 N–H and O–H groups in total. The van der Waals surface area contributed by atoms with Crippen LogP contribution in [0, 0.1) is 17.1 Å². The molecule has 6 heteroatoms. The molecule has 0 heterocycles. The smallest absolute Gasteiger partial charge is 0.258 e. The van der Waals surface area contributed by atoms with Crippen LogP contribution in [0.3, 0.4) is 0 Å². The van der Waals surface area contributed by atoms with E-state index in [0.29, 0.717) is 11.4 Å². The van der Waals surface area contributed by atoms with E-state index in [-0.39, 0.29) is 17.0 Å². The maximum absolute atomic E-state index is 13.7. The Kier molecular flexibility index (Phi) is 4.49. The SMILES string of the molecule is CC(=O)Nc1ccc(NC(=O)c2ccc(C#N)cc2F)cc1. The van der Waals surface area contributed by atoms with Crippen molar-refractivity contribution in [3.63, 3.8) is 0 Å². The molecule has 0 aromatic heterocycles. The molecule has 2 aromatic rings. The zero-order valence-corrected chi connectivity index (χ0v) is 11.7. The van der Waals surface area contributed by atoms with E-state index in [9.17, 15) is 14.0 Å². The van der Waals surface area contributed by atoms with E-state index < -0.39 is 11.7 Å². The maximum Gasteiger partial charge on any atom is 0.258 e. The van der Waals surface area contributed by atoms with Gasteiger partial charge in [-0.25, -0.2) is 4.39 Å². The summed E-state index contributed by atoms with van der Waals surface area (Å²) in [6.07, 6.45) is 0. The number of hydrogen-bond acceptors (Lipinski definition) is 3. The van der Waals surface area contributed by atoms with Crippen molar-refractivity contribution in [1.82, 2.24) is 0 Å². The van der Waals surface area contributed by atoms with Gasteiger partial charge in [0.2, 0.25) is 5.91 Å². The summed E-state index contributed by atoms with van der Waals surface area (Å²) in [4.78, 5) is 22.9. The number of halogens is 1. The van der Waals surface area contributed by atoms with E-state index in [2.05, 4.69) is 10.6 Å². The Balaban J connectivity index is 2.12. The fourth-order valence-electron chi connectivity index (χ4n) is 1.81. The topological polar surface area (TPSA) is 82.0 Å². The van der Waals surface area contributed by atoms with Crippen LogP contribution in [-0.2, 0) is 4.79 Å². The molecule has 2 rings (SSSR count). The molecule has 22 heavy (non-hydrogen) atoms. The molecule has 0 saturated heterocycles. The van der Waals surface area contributed by atoms with Crippen LogP contribution in [0.4, 0.5) is 15.8 Å². The lowest BCUT2D eigenvalue weighted by atomic mass is 10.1. The van der Waals surface area contributed by atoms with Crippen molar-refractivity contribution in [1.29, 1.82) is 5.26 Å². The molecule has 0 atom stereocenters. The van der Waals surface area contributed by atoms with Gasteiger partial charge in [0.25, 0.3) is 5.91 Å². The highest BCUT2D eigenvalue weighted by atomic mass is 19.1. The number of carbonyl (C=O) groups is 2. The van der Waals surface area contributed by atoms with Crippen LogP contribution in [0.2, 0.25) is 0 Å². The number of carbonyl (C=O) groups excluding carboxylic acids is 2. The highest BCUT2D eigenvalue weighted by Crippen LogP contribution is 2.16. The first-order valence-electron chi connectivity index (χ1n) is 6.38. The van der Waals surface area contributed by atoms with Gasteiger partial charge in [0.1, 0.15) is 5.82 Å². The van der Waals surface area contributed by atoms with Crippen molar-refractivity contribution >= 4 is 23.2 Å². The minimum absolute atomic E-state index is 0.147. The number of nitriles is 1. The summed E-state index contributed by atoms with van der Waals surface area (Å²) in [5.74, 6) is -1.57. The minimum Gasteiger partial charge on any atom is -0.326 e. The van der Waals surface area contributed by atoms with Crippen LogP contribution < -0.4 is 10.6 Å². The molecular formula is C16H12FN3O2. The Morgan fingerprint density at radius 1 is 1.05 bits per heavy atom. The van der Waals surface area contributed by atoms with Gasteiger partial charge in [-0.3, -0.25) is 9.59 Å². The fraction of sp³-hybridized carbons (Fsp3) is 0.0625. The first-order valence-corrected chi connectivity index (χ1v) is 6.38. The third kappa shape index (κ3) is 3.67. The molecule has 0 aliphatic rings. The Bertz CT molecular complexity index is 764. The van der Waals surface area contributed by atoms with Crippen molar-refractivity contribution in [2.24, 2.45) is 0 Å². The van der Waals surface area contributed by atoms with Gasteiger partial charge in [-0.15, -0.1) is 0 Å². The summed E-state index contributed by atoms with van der Waals surface area (Å²) >= 11 is 0. The molecule has 0 aliphatic carbocycles. The van der Waals surface area contributed by atoms with Crippen LogP contribution in [-0.4, -0.2) is 11.8 Å². The van der Waals surface area contributed by atoms with Crippen LogP contribution in [0.15, 0.2) is 42.5 Å². The zero-order valence-electron chi connectivity index (χ0n) is 11.7. The number of nitrogens with zero attached hydrogens (tertiary/aromatic N) is 1. The maximum atomic E-state index is 13.7. The summed E-state index contributed by atoms with van der Waals surface area (Å²) in [5, 5.41) is 13.8. The highest BCUT2D eigenvalue weighted by molar-refractivity contribution is 6.04. The van der Waals surface area contributed by atoms with Crippen LogP contribution >= 0.6 is 0 Å². The van der Waals surface area contributed by atoms with Crippen molar-refractivity contribution < 1.29 is 14.0 Å². The van der Waals surface area contributed by atoms with E-state index in [1.807, 2.05) is 0 Å². The predicted octanol–water partition coefficient (Wildman–Crippen LogP) is 2.91. The third-order valence-electron chi connectivity index (χ3n) is 2.81. The Morgan fingerprint density at radius 3 is 2.14 bits per heavy atom. The molecule has 0 saturated carbocycles. The molecule has 0 spiro atoms. The second-order valence-corrected chi connectivity index (χ2v) is 4.52. The molecule has 0 radical (unpaired) electrons. The Hall–Kier alpha value is -3.20. The number of rotatable bonds is 3. The van der Waals surface area contributed by atoms with Gasteiger partial charge in [-0.05, 0) is 42.5 Å². The second kappa shape index (κ2) is 6.50. The lowest BCUT2D eigenvalue weighted by molar-refractivity contribution is -0.114. The standard InChI is InChI=1S/C16H12FN3O2/c1-10(21)19-12-3-5-13(6-4-12)20-16(22)14-7-2-11(9-18)8-15(14)17/h2-8H,1H3,(H,19,21)(H,20,22). The van der Waals surface area contributed by atoms with Crippen LogP contribution in [0.25, 0.3) is 0 Å². The number of hydrogen-bond donors (Lipinski definition) is 2. The largest absolute Gasteiger partial charge is 0.326 e. The molecule has 2 amide bonds. The van der Waals surface area contributed by atoms with Crippen molar-refractivity contribution in [3.05, 3.63) is 59.4 Å². The summed E-state index contributed by atoms with van der Waals surface area (Å²) in [6.45, 7) is 1.39. The number of nitrogens with one attached hydrogen (secondary N) is 2. The summed E-state index contributed by atoms with van der Waals surface area (Å²) in [5.41, 5.74) is 1.05. The Labute approximate surface area is 126 Å². The summed E-state index contributed by atoms with van der Waals surface area (Å²) < 4.78 is 13.7. The first kappa shape index (κ1) is 15.2. The van der Waals surface area contributed by atoms with Gasteiger partial charge in [-0.1, -0.05) is 0 Å². The fourth-order valence-corrected chi connectivity index (χ4v) is 1.81. The van der Waals surface area contributed by atoms with Gasteiger partial charge in [0.05, 0.1) is 17.2 Å². The van der Waals surface area contributed by atoms with Crippen molar-refractivity contribution in [2.45, 2.75) is 6.92 Å². The van der Waals surface area contributed by atoms with Crippen LogP contribution in [0.1, 0.15) is 22.8 Å². The third-order valence-corrected chi connectivity index (χ3v) is 2.81. The van der Waals surface area contributed by atoms with Crippen LogP contribution in [0.5, 0.6) is 0 Å². The molecular weight excluding hydrogens is 285 g/mol. The van der Waals surface area contributed by atoms with E-state index >= 15 is 0 Å². The van der Waals surface area contributed by atoms with E-state index in [4.69, 9.17) is 5.26 Å². The second-order valence-electron chi connectivity index (χ2n) is 4.52. The zero-order chi connectivity index (χ0) is 16.1. The molecule has 0 unspecified atom stereocenters. The van der Waals surface area contributed by atoms with Gasteiger partial charge in [-0.2, -0.15) is 5.26 Å². The monoisotopic (exact) mass is 297 g/mol. The number of amides is 2. The minimum atomic E-state index is -0.758. The van der Waals surface area contributed by atoms with Crippen molar-refractivity contribution in [2.75, 3.05) is 10.6 Å². The summed E-state index contributed by atoms with van der Waals surface area (Å²) in [7, 11) is 0. The molecule has 5 nitrogen and oxygen atoms in total. The lowest BCUT2D eigenvalue weighted by Crippen LogP contribution is -2.14.